The van der Waals surface area contributed by atoms with Crippen molar-refractivity contribution >= 4 is 140 Å². The molecule has 0 radical (unpaired) electrons. The molecule has 0 aromatic carbocycles. The third-order valence-corrected chi connectivity index (χ3v) is 5.93. The summed E-state index contributed by atoms with van der Waals surface area (Å²) >= 11 is 36.2. The van der Waals surface area contributed by atoms with Crippen molar-refractivity contribution < 1.29 is 34.9 Å². The van der Waals surface area contributed by atoms with Crippen LogP contribution in [-0.4, -0.2) is 69.0 Å². The number of rotatable bonds is 4. The fraction of sp³-hybridized carbons (Fsp3) is 0. The van der Waals surface area contributed by atoms with Crippen molar-refractivity contribution in [2.24, 2.45) is 0 Å². The minimum absolute atomic E-state index is 0.0957. The summed E-state index contributed by atoms with van der Waals surface area (Å²) in [5, 5.41) is 4.70. The van der Waals surface area contributed by atoms with E-state index in [4.69, 9.17) is 80.9 Å². The molecule has 224 valence electrons. The number of nitrogens with one attached hydrogen (secondary N) is 4. The van der Waals surface area contributed by atoms with E-state index in [1.165, 1.54) is 34.8 Å². The normalized spacial score (nSPS) is 9.53. The summed E-state index contributed by atoms with van der Waals surface area (Å²) in [5.41, 5.74) is 0. The van der Waals surface area contributed by atoms with E-state index in [0.717, 1.165) is 10.0 Å². The number of carbonyl (C=O) groups is 2. The number of hydrogen-bond donors (Lipinski definition) is 6. The molecule has 4 aromatic rings. The van der Waals surface area contributed by atoms with Crippen molar-refractivity contribution in [2.45, 2.75) is 0 Å². The first kappa shape index (κ1) is 36.5. The summed E-state index contributed by atoms with van der Waals surface area (Å²) < 4.78 is 17.0. The summed E-state index contributed by atoms with van der Waals surface area (Å²) in [6.45, 7) is 0. The van der Waals surface area contributed by atoms with E-state index in [2.05, 4.69) is 55.2 Å². The molecule has 0 bridgehead atoms. The Kier molecular flexibility index (Phi) is 15.4. The van der Waals surface area contributed by atoms with Gasteiger partial charge >= 0.3 is 37.1 Å². The molecule has 0 atom stereocenters. The van der Waals surface area contributed by atoms with Gasteiger partial charge in [0.2, 0.25) is 0 Å². The molecule has 0 saturated carbocycles. The van der Waals surface area contributed by atoms with Crippen LogP contribution in [-0.2, 0) is 50.5 Å². The Morgan fingerprint density at radius 1 is 0.698 bits per heavy atom. The Morgan fingerprint density at radius 2 is 1.05 bits per heavy atom. The van der Waals surface area contributed by atoms with Gasteiger partial charge in [-0.05, 0) is 32.9 Å². The maximum absolute atomic E-state index is 12.4. The Morgan fingerprint density at radius 3 is 1.26 bits per heavy atom. The molecule has 0 unspecified atom stereocenters. The molecule has 0 saturated heterocycles. The molecule has 23 heteroatoms. The van der Waals surface area contributed by atoms with Gasteiger partial charge in [0, 0.05) is 37.2 Å². The Balaban J connectivity index is 0.000000275. The number of anilines is 2. The Labute approximate surface area is 295 Å². The predicted octanol–water partition coefficient (Wildman–Crippen LogP) is 3.06. The van der Waals surface area contributed by atoms with Gasteiger partial charge < -0.3 is 69.6 Å². The van der Waals surface area contributed by atoms with E-state index in [1.54, 1.807) is 36.7 Å². The molecule has 0 aliphatic carbocycles. The fourth-order valence-corrected chi connectivity index (χ4v) is 4.39. The third-order valence-electron chi connectivity index (χ3n) is 4.51. The summed E-state index contributed by atoms with van der Waals surface area (Å²) in [4.78, 5) is 43.8. The first-order valence-corrected chi connectivity index (χ1v) is 15.8. The molecule has 2 amide bonds. The number of carbonyl (C=O) groups excluding carboxylic acids is 2. The minimum atomic E-state index is -2.03. The zero-order chi connectivity index (χ0) is 32.1. The molecule has 14 nitrogen and oxygen atoms in total. The van der Waals surface area contributed by atoms with Crippen LogP contribution < -0.4 is 10.0 Å². The van der Waals surface area contributed by atoms with Crippen molar-refractivity contribution in [1.29, 1.82) is 0 Å². The van der Waals surface area contributed by atoms with Crippen molar-refractivity contribution in [3.8, 4) is 0 Å². The average molecular weight is 813 g/mol. The second-order valence-electron chi connectivity index (χ2n) is 7.01. The molecule has 4 rings (SSSR count). The number of thiocarbonyl (C=S) groups is 4. The standard InChI is InChI=1S/2C10H9N5OS4.Mo.2O/c2*16-8(7-12-4-5-13-7)15(10(19)20)14(9(17)18)6-2-1-3-11-6;;;/h2*1-5,11H,(H,12,13)(H,17,18)(H,19,20);;;/q;;+2;;/p-2. The molecular weight excluding hydrogens is 797 g/mol. The van der Waals surface area contributed by atoms with Crippen LogP contribution in [0.3, 0.4) is 0 Å². The second-order valence-corrected chi connectivity index (χ2v) is 11.6. The summed E-state index contributed by atoms with van der Waals surface area (Å²) in [6.07, 6.45) is 9.31. The van der Waals surface area contributed by atoms with Crippen molar-refractivity contribution in [3.63, 3.8) is 0 Å². The van der Waals surface area contributed by atoms with Crippen molar-refractivity contribution in [2.75, 3.05) is 10.0 Å². The second kappa shape index (κ2) is 18.2. The van der Waals surface area contributed by atoms with Gasteiger partial charge in [0.25, 0.3) is 0 Å². The van der Waals surface area contributed by atoms with Gasteiger partial charge in [-0.1, -0.05) is 24.4 Å². The molecule has 4 N–H and O–H groups in total. The SMILES string of the molecule is O=C(c1ncc[nH]1)N(C(=S)[S-])N(C(=S)S)c1ccc[nH]1.O=C(c1ncc[nH]1)N(C(=S)[S-])N(C(=S)S)c1ccc[nH]1.[O]=[Mo+2]=[O]. The van der Waals surface area contributed by atoms with Gasteiger partial charge in [-0.2, -0.15) is 0 Å². The van der Waals surface area contributed by atoms with Crippen LogP contribution in [0.4, 0.5) is 11.6 Å². The van der Waals surface area contributed by atoms with Gasteiger partial charge in [0.1, 0.15) is 11.6 Å². The van der Waals surface area contributed by atoms with Crippen LogP contribution in [0.5, 0.6) is 0 Å². The molecule has 43 heavy (non-hydrogen) atoms. The Hall–Kier alpha value is -2.69. The van der Waals surface area contributed by atoms with Crippen LogP contribution in [0.15, 0.2) is 61.4 Å². The van der Waals surface area contributed by atoms with E-state index in [1.807, 2.05) is 0 Å². The van der Waals surface area contributed by atoms with Crippen LogP contribution in [0.1, 0.15) is 21.2 Å². The predicted molar refractivity (Wildman–Crippen MR) is 181 cm³/mol. The topological polar surface area (TPSA) is 170 Å². The number of amides is 2. The summed E-state index contributed by atoms with van der Waals surface area (Å²) in [6, 6.07) is 6.91. The van der Waals surface area contributed by atoms with Gasteiger partial charge in [-0.15, -0.1) is 25.3 Å². The van der Waals surface area contributed by atoms with Gasteiger partial charge in [-0.25, -0.2) is 30.0 Å². The quantitative estimate of drug-likeness (QED) is 0.0585. The van der Waals surface area contributed by atoms with Crippen molar-refractivity contribution in [3.05, 3.63) is 73.1 Å². The van der Waals surface area contributed by atoms with E-state index in [0.29, 0.717) is 11.6 Å². The monoisotopic (exact) mass is 814 g/mol. The number of nitrogens with zero attached hydrogens (tertiary/aromatic N) is 6. The van der Waals surface area contributed by atoms with E-state index in [-0.39, 0.29) is 28.9 Å². The molecular formula is C20H16MoN10O4S8. The van der Waals surface area contributed by atoms with Crippen molar-refractivity contribution in [1.82, 2.24) is 39.9 Å². The van der Waals surface area contributed by atoms with Gasteiger partial charge in [0.15, 0.2) is 20.3 Å². The van der Waals surface area contributed by atoms with E-state index < -0.39 is 30.3 Å². The maximum atomic E-state index is 12.4. The first-order chi connectivity index (χ1) is 20.5. The van der Waals surface area contributed by atoms with Crippen LogP contribution in [0.2, 0.25) is 0 Å². The number of hydrazine groups is 2. The zero-order valence-electron chi connectivity index (χ0n) is 20.8. The van der Waals surface area contributed by atoms with Crippen LogP contribution >= 0.6 is 74.1 Å². The molecule has 0 fully saturated rings. The van der Waals surface area contributed by atoms with E-state index in [9.17, 15) is 9.59 Å². The first-order valence-electron chi connectivity index (χ1n) is 10.8. The molecule has 0 aliphatic heterocycles. The van der Waals surface area contributed by atoms with Crippen LogP contribution in [0.25, 0.3) is 0 Å². The Bertz CT molecular complexity index is 1460. The fourth-order valence-electron chi connectivity index (χ4n) is 2.97. The number of H-pyrrole nitrogens is 4. The average Bonchev–Trinajstić information content (AvgIpc) is 3.78. The molecule has 0 aliphatic rings. The molecule has 4 aromatic heterocycles. The number of imidazole rings is 2. The zero-order valence-corrected chi connectivity index (χ0v) is 29.5. The summed E-state index contributed by atoms with van der Waals surface area (Å²) in [7, 11) is 0. The number of aromatic amines is 4. The molecule has 0 spiro atoms. The number of thiol groups is 2. The number of hydrogen-bond acceptors (Lipinski definition) is 12. The van der Waals surface area contributed by atoms with Gasteiger partial charge in [0.05, 0.1) is 0 Å². The van der Waals surface area contributed by atoms with Crippen LogP contribution in [0, 0.1) is 0 Å². The summed E-state index contributed by atoms with van der Waals surface area (Å²) in [5.74, 6) is 0.160. The van der Waals surface area contributed by atoms with E-state index >= 15 is 0 Å². The number of aromatic nitrogens is 6. The van der Waals surface area contributed by atoms with Gasteiger partial charge in [-0.3, -0.25) is 9.59 Å². The molecule has 4 heterocycles. The third kappa shape index (κ3) is 10.2.